The zero-order valence-corrected chi connectivity index (χ0v) is 11.3. The lowest BCUT2D eigenvalue weighted by Crippen LogP contribution is -2.56. The number of rotatable bonds is 2. The van der Waals surface area contributed by atoms with Crippen molar-refractivity contribution in [3.63, 3.8) is 0 Å². The van der Waals surface area contributed by atoms with Crippen molar-refractivity contribution in [2.45, 2.75) is 25.9 Å². The standard InChI is InChI=1S/C13H16FN3O3/c1-8-7-16(9(2)6-15-8)13(18)11-5-10(14)3-4-12(11)17(19)20/h3-5,8-9,15H,6-7H2,1-2H3. The number of nitro benzene ring substituents is 1. The van der Waals surface area contributed by atoms with Gasteiger partial charge in [-0.25, -0.2) is 4.39 Å². The van der Waals surface area contributed by atoms with Crippen LogP contribution in [0.2, 0.25) is 0 Å². The molecule has 2 rings (SSSR count). The zero-order chi connectivity index (χ0) is 14.9. The zero-order valence-electron chi connectivity index (χ0n) is 11.3. The van der Waals surface area contributed by atoms with Gasteiger partial charge >= 0.3 is 0 Å². The summed E-state index contributed by atoms with van der Waals surface area (Å²) in [6.07, 6.45) is 0. The maximum absolute atomic E-state index is 13.3. The normalized spacial score (nSPS) is 22.6. The molecule has 2 atom stereocenters. The summed E-state index contributed by atoms with van der Waals surface area (Å²) in [4.78, 5) is 24.3. The number of hydrogen-bond acceptors (Lipinski definition) is 4. The number of halogens is 1. The number of benzene rings is 1. The molecule has 1 saturated heterocycles. The minimum atomic E-state index is -0.664. The molecular weight excluding hydrogens is 265 g/mol. The van der Waals surface area contributed by atoms with E-state index >= 15 is 0 Å². The summed E-state index contributed by atoms with van der Waals surface area (Å²) in [5, 5.41) is 14.2. The van der Waals surface area contributed by atoms with E-state index < -0.39 is 16.6 Å². The fraction of sp³-hybridized carbons (Fsp3) is 0.462. The van der Waals surface area contributed by atoms with E-state index in [1.807, 2.05) is 13.8 Å². The third-order valence-electron chi connectivity index (χ3n) is 3.41. The molecule has 1 fully saturated rings. The molecular formula is C13H16FN3O3. The minimum absolute atomic E-state index is 0.0958. The number of nitro groups is 1. The fourth-order valence-electron chi connectivity index (χ4n) is 2.30. The molecule has 0 radical (unpaired) electrons. The van der Waals surface area contributed by atoms with Crippen LogP contribution in [-0.2, 0) is 0 Å². The highest BCUT2D eigenvalue weighted by Crippen LogP contribution is 2.23. The Morgan fingerprint density at radius 3 is 2.85 bits per heavy atom. The summed E-state index contributed by atoms with van der Waals surface area (Å²) < 4.78 is 13.3. The molecule has 6 nitrogen and oxygen atoms in total. The highest BCUT2D eigenvalue weighted by atomic mass is 19.1. The van der Waals surface area contributed by atoms with Gasteiger partial charge in [-0.2, -0.15) is 0 Å². The molecule has 0 bridgehead atoms. The van der Waals surface area contributed by atoms with E-state index in [4.69, 9.17) is 0 Å². The lowest BCUT2D eigenvalue weighted by atomic mass is 10.1. The topological polar surface area (TPSA) is 75.5 Å². The second-order valence-electron chi connectivity index (χ2n) is 5.03. The number of amides is 1. The summed E-state index contributed by atoms with van der Waals surface area (Å²) in [5.74, 6) is -1.16. The van der Waals surface area contributed by atoms with Gasteiger partial charge in [-0.3, -0.25) is 14.9 Å². The first-order valence-electron chi connectivity index (χ1n) is 6.38. The molecule has 108 valence electrons. The molecule has 1 aliphatic heterocycles. The van der Waals surface area contributed by atoms with Gasteiger partial charge in [0, 0.05) is 31.2 Å². The monoisotopic (exact) mass is 281 g/mol. The van der Waals surface area contributed by atoms with Crippen LogP contribution in [0.15, 0.2) is 18.2 Å². The number of piperazine rings is 1. The van der Waals surface area contributed by atoms with E-state index in [0.29, 0.717) is 13.1 Å². The molecule has 1 N–H and O–H groups in total. The maximum atomic E-state index is 13.3. The minimum Gasteiger partial charge on any atom is -0.333 e. The number of hydrogen-bond donors (Lipinski definition) is 1. The average Bonchev–Trinajstić information content (AvgIpc) is 2.40. The lowest BCUT2D eigenvalue weighted by Gasteiger charge is -2.37. The van der Waals surface area contributed by atoms with E-state index in [1.54, 1.807) is 4.90 Å². The number of nitrogens with zero attached hydrogens (tertiary/aromatic N) is 2. The van der Waals surface area contributed by atoms with Crippen LogP contribution >= 0.6 is 0 Å². The smallest absolute Gasteiger partial charge is 0.282 e. The first-order valence-corrected chi connectivity index (χ1v) is 6.38. The van der Waals surface area contributed by atoms with Crippen LogP contribution in [0.5, 0.6) is 0 Å². The van der Waals surface area contributed by atoms with E-state index in [-0.39, 0.29) is 23.3 Å². The van der Waals surface area contributed by atoms with Crippen molar-refractivity contribution >= 4 is 11.6 Å². The molecule has 2 unspecified atom stereocenters. The van der Waals surface area contributed by atoms with Crippen LogP contribution in [0, 0.1) is 15.9 Å². The van der Waals surface area contributed by atoms with E-state index in [2.05, 4.69) is 5.32 Å². The van der Waals surface area contributed by atoms with E-state index in [9.17, 15) is 19.3 Å². The van der Waals surface area contributed by atoms with Crippen molar-refractivity contribution in [2.75, 3.05) is 13.1 Å². The predicted octanol–water partition coefficient (Wildman–Crippen LogP) is 1.56. The Balaban J connectivity index is 2.37. The highest BCUT2D eigenvalue weighted by Gasteiger charge is 2.31. The molecule has 1 aliphatic rings. The van der Waals surface area contributed by atoms with Gasteiger partial charge < -0.3 is 10.2 Å². The second kappa shape index (κ2) is 5.54. The van der Waals surface area contributed by atoms with E-state index in [1.165, 1.54) is 0 Å². The van der Waals surface area contributed by atoms with Crippen LogP contribution in [0.3, 0.4) is 0 Å². The van der Waals surface area contributed by atoms with Crippen molar-refractivity contribution in [3.8, 4) is 0 Å². The van der Waals surface area contributed by atoms with Crippen molar-refractivity contribution in [1.29, 1.82) is 0 Å². The number of nitrogens with one attached hydrogen (secondary N) is 1. The summed E-state index contributed by atoms with van der Waals surface area (Å²) in [6, 6.07) is 2.95. The lowest BCUT2D eigenvalue weighted by molar-refractivity contribution is -0.385. The molecule has 1 heterocycles. The third kappa shape index (κ3) is 2.77. The van der Waals surface area contributed by atoms with Gasteiger partial charge in [0.2, 0.25) is 0 Å². The summed E-state index contributed by atoms with van der Waals surface area (Å²) in [5.41, 5.74) is -0.564. The van der Waals surface area contributed by atoms with Crippen molar-refractivity contribution in [3.05, 3.63) is 39.7 Å². The van der Waals surface area contributed by atoms with Crippen molar-refractivity contribution < 1.29 is 14.1 Å². The Morgan fingerprint density at radius 2 is 2.20 bits per heavy atom. The molecule has 0 spiro atoms. The summed E-state index contributed by atoms with van der Waals surface area (Å²) >= 11 is 0. The molecule has 0 aromatic heterocycles. The van der Waals surface area contributed by atoms with Gasteiger partial charge in [0.1, 0.15) is 11.4 Å². The maximum Gasteiger partial charge on any atom is 0.282 e. The third-order valence-corrected chi connectivity index (χ3v) is 3.41. The average molecular weight is 281 g/mol. The first-order chi connectivity index (χ1) is 9.40. The summed E-state index contributed by atoms with van der Waals surface area (Å²) in [6.45, 7) is 4.82. The van der Waals surface area contributed by atoms with Crippen molar-refractivity contribution in [2.24, 2.45) is 0 Å². The van der Waals surface area contributed by atoms with Gasteiger partial charge in [0.25, 0.3) is 11.6 Å². The van der Waals surface area contributed by atoms with Crippen LogP contribution in [-0.4, -0.2) is 40.9 Å². The number of carbonyl (C=O) groups excluding carboxylic acids is 1. The predicted molar refractivity (Wildman–Crippen MR) is 71.0 cm³/mol. The van der Waals surface area contributed by atoms with Crippen LogP contribution < -0.4 is 5.32 Å². The molecule has 0 saturated carbocycles. The van der Waals surface area contributed by atoms with Crippen LogP contribution in [0.4, 0.5) is 10.1 Å². The Hall–Kier alpha value is -2.02. The molecule has 0 aliphatic carbocycles. The Kier molecular flexibility index (Phi) is 3.99. The van der Waals surface area contributed by atoms with Gasteiger partial charge in [-0.1, -0.05) is 0 Å². The summed E-state index contributed by atoms with van der Waals surface area (Å²) in [7, 11) is 0. The SMILES string of the molecule is CC1CN(C(=O)c2cc(F)ccc2[N+](=O)[O-])C(C)CN1. The highest BCUT2D eigenvalue weighted by molar-refractivity contribution is 5.98. The van der Waals surface area contributed by atoms with E-state index in [0.717, 1.165) is 18.2 Å². The fourth-order valence-corrected chi connectivity index (χ4v) is 2.30. The molecule has 1 aromatic carbocycles. The largest absolute Gasteiger partial charge is 0.333 e. The Labute approximate surface area is 115 Å². The van der Waals surface area contributed by atoms with Gasteiger partial charge in [-0.15, -0.1) is 0 Å². The van der Waals surface area contributed by atoms with Gasteiger partial charge in [-0.05, 0) is 26.0 Å². The quantitative estimate of drug-likeness (QED) is 0.659. The molecule has 1 aromatic rings. The Morgan fingerprint density at radius 1 is 1.50 bits per heavy atom. The molecule has 7 heteroatoms. The first kappa shape index (κ1) is 14.4. The van der Waals surface area contributed by atoms with Gasteiger partial charge in [0.15, 0.2) is 0 Å². The van der Waals surface area contributed by atoms with Crippen LogP contribution in [0.25, 0.3) is 0 Å². The number of carbonyl (C=O) groups is 1. The molecule has 20 heavy (non-hydrogen) atoms. The molecule has 1 amide bonds. The van der Waals surface area contributed by atoms with Gasteiger partial charge in [0.05, 0.1) is 4.92 Å². The van der Waals surface area contributed by atoms with Crippen LogP contribution in [0.1, 0.15) is 24.2 Å². The Bertz CT molecular complexity index is 550. The second-order valence-corrected chi connectivity index (χ2v) is 5.03. The van der Waals surface area contributed by atoms with Crippen molar-refractivity contribution in [1.82, 2.24) is 10.2 Å².